The Balaban J connectivity index is 1.91. The summed E-state index contributed by atoms with van der Waals surface area (Å²) in [5.74, 6) is 0.566. The fourth-order valence-electron chi connectivity index (χ4n) is 2.98. The van der Waals surface area contributed by atoms with E-state index in [0.29, 0.717) is 12.2 Å². The van der Waals surface area contributed by atoms with Crippen molar-refractivity contribution in [3.05, 3.63) is 51.8 Å². The van der Waals surface area contributed by atoms with Crippen molar-refractivity contribution in [2.45, 2.75) is 25.8 Å². The molecule has 120 valence electrons. The molecule has 2 aromatic rings. The summed E-state index contributed by atoms with van der Waals surface area (Å²) in [6.45, 7) is 2.40. The first-order chi connectivity index (χ1) is 11.1. The van der Waals surface area contributed by atoms with Gasteiger partial charge in [0.15, 0.2) is 0 Å². The molecule has 0 aromatic carbocycles. The zero-order chi connectivity index (χ0) is 16.4. The topological polar surface area (TPSA) is 91.0 Å². The lowest BCUT2D eigenvalue weighted by Crippen LogP contribution is -2.33. The number of nitrogens with zero attached hydrogens (tertiary/aromatic N) is 3. The summed E-state index contributed by atoms with van der Waals surface area (Å²) >= 11 is 0. The highest BCUT2D eigenvalue weighted by Gasteiger charge is 2.31. The van der Waals surface area contributed by atoms with Crippen LogP contribution in [0.5, 0.6) is 0 Å². The van der Waals surface area contributed by atoms with Crippen LogP contribution in [0.1, 0.15) is 40.6 Å². The van der Waals surface area contributed by atoms with Gasteiger partial charge in [0.05, 0.1) is 6.04 Å². The molecule has 0 aliphatic carbocycles. The molecule has 3 heterocycles. The van der Waals surface area contributed by atoms with E-state index >= 15 is 0 Å². The number of H-pyrrole nitrogens is 1. The van der Waals surface area contributed by atoms with Crippen LogP contribution in [0.2, 0.25) is 0 Å². The number of pyridine rings is 1. The predicted molar refractivity (Wildman–Crippen MR) is 86.4 cm³/mol. The SMILES string of the molecule is CNc1cc([C@H]2CCCN2C(=O)c2cc(C)[nH]c(=O)n2)ccn1. The van der Waals surface area contributed by atoms with E-state index in [1.807, 2.05) is 19.2 Å². The minimum atomic E-state index is -0.495. The number of aromatic nitrogens is 3. The number of amides is 1. The lowest BCUT2D eigenvalue weighted by Gasteiger charge is -2.25. The molecule has 0 saturated carbocycles. The molecule has 0 unspecified atom stereocenters. The number of anilines is 1. The smallest absolute Gasteiger partial charge is 0.345 e. The van der Waals surface area contributed by atoms with E-state index in [1.54, 1.807) is 24.1 Å². The molecule has 1 atom stereocenters. The summed E-state index contributed by atoms with van der Waals surface area (Å²) in [6.07, 6.45) is 3.55. The Morgan fingerprint density at radius 1 is 1.43 bits per heavy atom. The molecule has 0 radical (unpaired) electrons. The highest BCUT2D eigenvalue weighted by atomic mass is 16.2. The number of aromatic amines is 1. The first-order valence-corrected chi connectivity index (χ1v) is 7.61. The van der Waals surface area contributed by atoms with Gasteiger partial charge in [0.25, 0.3) is 5.91 Å². The molecule has 0 bridgehead atoms. The van der Waals surface area contributed by atoms with E-state index in [-0.39, 0.29) is 17.6 Å². The van der Waals surface area contributed by atoms with Gasteiger partial charge in [-0.3, -0.25) is 4.79 Å². The van der Waals surface area contributed by atoms with Gasteiger partial charge in [-0.25, -0.2) is 9.78 Å². The Morgan fingerprint density at radius 2 is 2.26 bits per heavy atom. The van der Waals surface area contributed by atoms with Crippen LogP contribution in [-0.4, -0.2) is 39.4 Å². The maximum atomic E-state index is 12.8. The van der Waals surface area contributed by atoms with Crippen LogP contribution in [0.25, 0.3) is 0 Å². The van der Waals surface area contributed by atoms with Crippen LogP contribution in [0.4, 0.5) is 5.82 Å². The second-order valence-electron chi connectivity index (χ2n) is 5.64. The van der Waals surface area contributed by atoms with Crippen LogP contribution in [-0.2, 0) is 0 Å². The number of likely N-dealkylation sites (tertiary alicyclic amines) is 1. The molecule has 7 nitrogen and oxygen atoms in total. The van der Waals surface area contributed by atoms with Crippen molar-refractivity contribution >= 4 is 11.7 Å². The quantitative estimate of drug-likeness (QED) is 0.896. The molecule has 1 amide bonds. The lowest BCUT2D eigenvalue weighted by molar-refractivity contribution is 0.0729. The first kappa shape index (κ1) is 15.2. The fourth-order valence-corrected chi connectivity index (χ4v) is 2.98. The van der Waals surface area contributed by atoms with Crippen molar-refractivity contribution in [2.24, 2.45) is 0 Å². The molecule has 1 aliphatic heterocycles. The average Bonchev–Trinajstić information content (AvgIpc) is 3.03. The van der Waals surface area contributed by atoms with Crippen molar-refractivity contribution < 1.29 is 4.79 Å². The van der Waals surface area contributed by atoms with Crippen LogP contribution in [0.15, 0.2) is 29.2 Å². The summed E-state index contributed by atoms with van der Waals surface area (Å²) in [5, 5.41) is 3.01. The number of hydrogen-bond acceptors (Lipinski definition) is 5. The standard InChI is InChI=1S/C16H19N5O2/c1-10-8-12(20-16(23)19-10)15(22)21-7-3-4-13(21)11-5-6-18-14(9-11)17-2/h5-6,8-9,13H,3-4,7H2,1-2H3,(H,17,18)(H,19,20,23)/t13-/m1/s1. The predicted octanol–water partition coefficient (Wildman–Crippen LogP) is 1.49. The molecule has 1 fully saturated rings. The second-order valence-corrected chi connectivity index (χ2v) is 5.64. The van der Waals surface area contributed by atoms with Crippen LogP contribution < -0.4 is 11.0 Å². The third-order valence-electron chi connectivity index (χ3n) is 4.04. The average molecular weight is 313 g/mol. The summed E-state index contributed by atoms with van der Waals surface area (Å²) in [5.41, 5.74) is 1.37. The number of aryl methyl sites for hydroxylation is 1. The van der Waals surface area contributed by atoms with Gasteiger partial charge in [0, 0.05) is 25.5 Å². The Morgan fingerprint density at radius 3 is 3.00 bits per heavy atom. The molecule has 3 rings (SSSR count). The maximum absolute atomic E-state index is 12.8. The van der Waals surface area contributed by atoms with E-state index in [9.17, 15) is 9.59 Å². The van der Waals surface area contributed by atoms with Crippen molar-refractivity contribution in [2.75, 3.05) is 18.9 Å². The Bertz CT molecular complexity index is 786. The van der Waals surface area contributed by atoms with Crippen molar-refractivity contribution in [3.63, 3.8) is 0 Å². The molecule has 0 spiro atoms. The number of nitrogens with one attached hydrogen (secondary N) is 2. The third kappa shape index (κ3) is 3.08. The molecule has 7 heteroatoms. The highest BCUT2D eigenvalue weighted by molar-refractivity contribution is 5.92. The molecular weight excluding hydrogens is 294 g/mol. The number of rotatable bonds is 3. The largest absolute Gasteiger partial charge is 0.373 e. The van der Waals surface area contributed by atoms with E-state index in [4.69, 9.17) is 0 Å². The molecule has 2 aromatic heterocycles. The van der Waals surface area contributed by atoms with E-state index in [2.05, 4.69) is 20.3 Å². The maximum Gasteiger partial charge on any atom is 0.345 e. The zero-order valence-corrected chi connectivity index (χ0v) is 13.2. The van der Waals surface area contributed by atoms with Gasteiger partial charge in [-0.2, -0.15) is 4.98 Å². The van der Waals surface area contributed by atoms with Gasteiger partial charge < -0.3 is 15.2 Å². The van der Waals surface area contributed by atoms with Crippen molar-refractivity contribution in [1.29, 1.82) is 0 Å². The highest BCUT2D eigenvalue weighted by Crippen LogP contribution is 2.33. The first-order valence-electron chi connectivity index (χ1n) is 7.61. The van der Waals surface area contributed by atoms with Gasteiger partial charge >= 0.3 is 5.69 Å². The van der Waals surface area contributed by atoms with Gasteiger partial charge in [-0.05, 0) is 43.5 Å². The van der Waals surface area contributed by atoms with Gasteiger partial charge in [0.2, 0.25) is 0 Å². The zero-order valence-electron chi connectivity index (χ0n) is 13.2. The minimum Gasteiger partial charge on any atom is -0.373 e. The van der Waals surface area contributed by atoms with Gasteiger partial charge in [-0.1, -0.05) is 0 Å². The van der Waals surface area contributed by atoms with E-state index in [1.165, 1.54) is 0 Å². The van der Waals surface area contributed by atoms with E-state index in [0.717, 1.165) is 24.2 Å². The number of carbonyl (C=O) groups is 1. The summed E-state index contributed by atoms with van der Waals surface area (Å²) < 4.78 is 0. The van der Waals surface area contributed by atoms with Crippen LogP contribution in [0, 0.1) is 6.92 Å². The minimum absolute atomic E-state index is 0.0148. The monoisotopic (exact) mass is 313 g/mol. The normalized spacial score (nSPS) is 17.3. The molecule has 1 saturated heterocycles. The summed E-state index contributed by atoms with van der Waals surface area (Å²) in [6, 6.07) is 5.48. The van der Waals surface area contributed by atoms with Crippen molar-refractivity contribution in [1.82, 2.24) is 19.9 Å². The number of hydrogen-bond donors (Lipinski definition) is 2. The summed E-state index contributed by atoms with van der Waals surface area (Å²) in [4.78, 5) is 36.6. The fraction of sp³-hybridized carbons (Fsp3) is 0.375. The molecular formula is C16H19N5O2. The van der Waals surface area contributed by atoms with Crippen molar-refractivity contribution in [3.8, 4) is 0 Å². The third-order valence-corrected chi connectivity index (χ3v) is 4.04. The lowest BCUT2D eigenvalue weighted by atomic mass is 10.1. The van der Waals surface area contributed by atoms with E-state index < -0.39 is 5.69 Å². The Kier molecular flexibility index (Phi) is 4.10. The molecule has 23 heavy (non-hydrogen) atoms. The molecule has 1 aliphatic rings. The summed E-state index contributed by atoms with van der Waals surface area (Å²) in [7, 11) is 1.81. The van der Waals surface area contributed by atoms with Gasteiger partial charge in [-0.15, -0.1) is 0 Å². The second kappa shape index (κ2) is 6.20. The van der Waals surface area contributed by atoms with Crippen LogP contribution in [0.3, 0.4) is 0 Å². The van der Waals surface area contributed by atoms with Crippen LogP contribution >= 0.6 is 0 Å². The number of carbonyl (C=O) groups excluding carboxylic acids is 1. The Hall–Kier alpha value is -2.70. The Labute approximate surface area is 133 Å². The van der Waals surface area contributed by atoms with Gasteiger partial charge in [0.1, 0.15) is 11.5 Å². The molecule has 2 N–H and O–H groups in total.